The maximum absolute atomic E-state index is 10.5. The standard InChI is InChI=1S/C20H28N2O2/c1-21-13-15-22(16-14-21)12-5-17-24-20(23)10-8-19(9-11-20)18-6-3-2-4-7-18/h2-4,6-10,23H,5,11-17H2,1H3. The van der Waals surface area contributed by atoms with E-state index >= 15 is 0 Å². The Bertz CT molecular complexity index is 577. The van der Waals surface area contributed by atoms with Crippen molar-refractivity contribution in [1.29, 1.82) is 0 Å². The lowest BCUT2D eigenvalue weighted by Crippen LogP contribution is -2.45. The molecular formula is C20H28N2O2. The van der Waals surface area contributed by atoms with Gasteiger partial charge in [-0.3, -0.25) is 0 Å². The number of likely N-dealkylation sites (N-methyl/N-ethyl adjacent to an activating group) is 1. The number of rotatable bonds is 6. The van der Waals surface area contributed by atoms with Crippen molar-refractivity contribution in [1.82, 2.24) is 9.80 Å². The summed E-state index contributed by atoms with van der Waals surface area (Å²) in [7, 11) is 2.17. The van der Waals surface area contributed by atoms with Crippen LogP contribution in [0.15, 0.2) is 48.6 Å². The van der Waals surface area contributed by atoms with Gasteiger partial charge in [0.1, 0.15) is 0 Å². The Kier molecular flexibility index (Phi) is 5.85. The Morgan fingerprint density at radius 2 is 1.88 bits per heavy atom. The topological polar surface area (TPSA) is 35.9 Å². The third kappa shape index (κ3) is 4.77. The zero-order chi connectivity index (χ0) is 16.8. The van der Waals surface area contributed by atoms with Gasteiger partial charge in [0.15, 0.2) is 5.79 Å². The number of benzene rings is 1. The predicted octanol–water partition coefficient (Wildman–Crippen LogP) is 2.37. The number of aliphatic hydroxyl groups is 1. The fraction of sp³-hybridized carbons (Fsp3) is 0.500. The predicted molar refractivity (Wildman–Crippen MR) is 97.6 cm³/mol. The van der Waals surface area contributed by atoms with Crippen LogP contribution in [0.4, 0.5) is 0 Å². The first-order valence-corrected chi connectivity index (χ1v) is 8.87. The maximum atomic E-state index is 10.5. The molecule has 4 nitrogen and oxygen atoms in total. The van der Waals surface area contributed by atoms with Crippen molar-refractivity contribution in [2.24, 2.45) is 0 Å². The fourth-order valence-electron chi connectivity index (χ4n) is 3.17. The van der Waals surface area contributed by atoms with Crippen LogP contribution in [0.3, 0.4) is 0 Å². The van der Waals surface area contributed by atoms with E-state index in [9.17, 15) is 5.11 Å². The molecule has 24 heavy (non-hydrogen) atoms. The van der Waals surface area contributed by atoms with E-state index in [0.717, 1.165) is 44.7 Å². The van der Waals surface area contributed by atoms with Crippen molar-refractivity contribution in [3.63, 3.8) is 0 Å². The molecule has 2 aliphatic rings. The smallest absolute Gasteiger partial charge is 0.189 e. The zero-order valence-corrected chi connectivity index (χ0v) is 14.5. The second-order valence-electron chi connectivity index (χ2n) is 6.75. The Morgan fingerprint density at radius 1 is 1.12 bits per heavy atom. The van der Waals surface area contributed by atoms with E-state index in [4.69, 9.17) is 4.74 Å². The van der Waals surface area contributed by atoms with Gasteiger partial charge in [0.05, 0.1) is 6.61 Å². The molecule has 1 unspecified atom stereocenters. The van der Waals surface area contributed by atoms with Crippen LogP contribution in [0.5, 0.6) is 0 Å². The van der Waals surface area contributed by atoms with E-state index in [1.807, 2.05) is 24.3 Å². The lowest BCUT2D eigenvalue weighted by atomic mass is 9.96. The number of nitrogens with zero attached hydrogens (tertiary/aromatic N) is 2. The van der Waals surface area contributed by atoms with Gasteiger partial charge in [0, 0.05) is 39.1 Å². The summed E-state index contributed by atoms with van der Waals surface area (Å²) in [5.41, 5.74) is 2.31. The van der Waals surface area contributed by atoms with Gasteiger partial charge >= 0.3 is 0 Å². The second kappa shape index (κ2) is 8.08. The van der Waals surface area contributed by atoms with Gasteiger partial charge in [-0.15, -0.1) is 0 Å². The van der Waals surface area contributed by atoms with E-state index < -0.39 is 5.79 Å². The summed E-state index contributed by atoms with van der Waals surface area (Å²) in [5.74, 6) is -1.15. The maximum Gasteiger partial charge on any atom is 0.189 e. The van der Waals surface area contributed by atoms with Crippen LogP contribution in [0.25, 0.3) is 5.57 Å². The van der Waals surface area contributed by atoms with E-state index in [1.165, 1.54) is 5.56 Å². The highest BCUT2D eigenvalue weighted by molar-refractivity contribution is 5.75. The average molecular weight is 328 g/mol. The van der Waals surface area contributed by atoms with E-state index in [0.29, 0.717) is 13.0 Å². The van der Waals surface area contributed by atoms with Crippen LogP contribution in [-0.2, 0) is 4.74 Å². The molecule has 1 fully saturated rings. The average Bonchev–Trinajstić information content (AvgIpc) is 2.62. The molecule has 4 heteroatoms. The van der Waals surface area contributed by atoms with Gasteiger partial charge in [-0.25, -0.2) is 0 Å². The van der Waals surface area contributed by atoms with Crippen LogP contribution < -0.4 is 0 Å². The summed E-state index contributed by atoms with van der Waals surface area (Å²) in [4.78, 5) is 4.83. The summed E-state index contributed by atoms with van der Waals surface area (Å²) in [6.45, 7) is 6.16. The lowest BCUT2D eigenvalue weighted by Gasteiger charge is -2.32. The van der Waals surface area contributed by atoms with Crippen LogP contribution in [0.2, 0.25) is 0 Å². The van der Waals surface area contributed by atoms with Crippen molar-refractivity contribution in [2.45, 2.75) is 18.6 Å². The van der Waals surface area contributed by atoms with E-state index in [1.54, 1.807) is 6.08 Å². The third-order valence-corrected chi connectivity index (χ3v) is 4.81. The molecule has 0 spiro atoms. The summed E-state index contributed by atoms with van der Waals surface area (Å²) in [6.07, 6.45) is 7.25. The largest absolute Gasteiger partial charge is 0.362 e. The van der Waals surface area contributed by atoms with Crippen molar-refractivity contribution in [3.05, 3.63) is 54.1 Å². The van der Waals surface area contributed by atoms with Gasteiger partial charge in [-0.1, -0.05) is 42.5 Å². The molecule has 1 aromatic carbocycles. The second-order valence-corrected chi connectivity index (χ2v) is 6.75. The molecule has 3 rings (SSSR count). The minimum atomic E-state index is -1.15. The molecule has 1 aliphatic heterocycles. The Balaban J connectivity index is 1.40. The Labute approximate surface area is 145 Å². The van der Waals surface area contributed by atoms with Gasteiger partial charge in [-0.05, 0) is 30.7 Å². The van der Waals surface area contributed by atoms with Crippen molar-refractivity contribution >= 4 is 5.57 Å². The summed E-state index contributed by atoms with van der Waals surface area (Å²) in [5, 5.41) is 10.5. The van der Waals surface area contributed by atoms with Crippen molar-refractivity contribution in [2.75, 3.05) is 46.4 Å². The number of allylic oxidation sites excluding steroid dienone is 2. The quantitative estimate of drug-likeness (QED) is 0.642. The minimum absolute atomic E-state index is 0.502. The van der Waals surface area contributed by atoms with Crippen molar-refractivity contribution < 1.29 is 9.84 Å². The number of ether oxygens (including phenoxy) is 1. The fourth-order valence-corrected chi connectivity index (χ4v) is 3.17. The molecule has 0 saturated carbocycles. The molecule has 1 N–H and O–H groups in total. The molecular weight excluding hydrogens is 300 g/mol. The van der Waals surface area contributed by atoms with Crippen molar-refractivity contribution in [3.8, 4) is 0 Å². The third-order valence-electron chi connectivity index (χ3n) is 4.81. The molecule has 1 atom stereocenters. The van der Waals surface area contributed by atoms with E-state index in [-0.39, 0.29) is 0 Å². The van der Waals surface area contributed by atoms with Gasteiger partial charge in [-0.2, -0.15) is 0 Å². The Hall–Kier alpha value is -1.46. The Morgan fingerprint density at radius 3 is 2.54 bits per heavy atom. The molecule has 0 aromatic heterocycles. The molecule has 1 aromatic rings. The van der Waals surface area contributed by atoms with Gasteiger partial charge < -0.3 is 19.6 Å². The summed E-state index contributed by atoms with van der Waals surface area (Å²) < 4.78 is 5.75. The molecule has 1 aliphatic carbocycles. The lowest BCUT2D eigenvalue weighted by molar-refractivity contribution is -0.165. The number of hydrogen-bond donors (Lipinski definition) is 1. The van der Waals surface area contributed by atoms with Crippen LogP contribution in [-0.4, -0.2) is 67.1 Å². The molecule has 1 heterocycles. The molecule has 1 saturated heterocycles. The normalized spacial score (nSPS) is 25.7. The highest BCUT2D eigenvalue weighted by Gasteiger charge is 2.26. The molecule has 0 amide bonds. The molecule has 0 bridgehead atoms. The first kappa shape index (κ1) is 17.4. The van der Waals surface area contributed by atoms with E-state index in [2.05, 4.69) is 35.1 Å². The zero-order valence-electron chi connectivity index (χ0n) is 14.5. The van der Waals surface area contributed by atoms with Gasteiger partial charge in [0.25, 0.3) is 0 Å². The molecule has 0 radical (unpaired) electrons. The van der Waals surface area contributed by atoms with Crippen LogP contribution in [0, 0.1) is 0 Å². The first-order chi connectivity index (χ1) is 11.6. The summed E-state index contributed by atoms with van der Waals surface area (Å²) >= 11 is 0. The van der Waals surface area contributed by atoms with Crippen LogP contribution >= 0.6 is 0 Å². The highest BCUT2D eigenvalue weighted by atomic mass is 16.6. The molecule has 130 valence electrons. The van der Waals surface area contributed by atoms with Crippen LogP contribution in [0.1, 0.15) is 18.4 Å². The monoisotopic (exact) mass is 328 g/mol. The van der Waals surface area contributed by atoms with Gasteiger partial charge in [0.2, 0.25) is 0 Å². The minimum Gasteiger partial charge on any atom is -0.362 e. The number of hydrogen-bond acceptors (Lipinski definition) is 4. The highest BCUT2D eigenvalue weighted by Crippen LogP contribution is 2.27. The SMILES string of the molecule is CN1CCN(CCCOC2(O)C=CC(c3ccccc3)=CC2)CC1. The summed E-state index contributed by atoms with van der Waals surface area (Å²) in [6, 6.07) is 10.2. The number of piperazine rings is 1. The first-order valence-electron chi connectivity index (χ1n) is 8.87.